The zero-order chi connectivity index (χ0) is 16.5. The normalized spacial score (nSPS) is 10.2. The quantitative estimate of drug-likeness (QED) is 0.732. The second-order valence-electron chi connectivity index (χ2n) is 5.05. The number of esters is 1. The van der Waals surface area contributed by atoms with E-state index in [4.69, 9.17) is 4.74 Å². The van der Waals surface area contributed by atoms with Gasteiger partial charge in [-0.1, -0.05) is 13.8 Å². The van der Waals surface area contributed by atoms with Gasteiger partial charge in [0.2, 0.25) is 0 Å². The minimum atomic E-state index is -0.727. The lowest BCUT2D eigenvalue weighted by atomic mass is 10.2. The predicted octanol–water partition coefficient (Wildman–Crippen LogP) is 0.871. The highest BCUT2D eigenvalue weighted by Gasteiger charge is 2.11. The van der Waals surface area contributed by atoms with Crippen molar-refractivity contribution in [1.29, 1.82) is 0 Å². The van der Waals surface area contributed by atoms with E-state index in [1.807, 2.05) is 13.8 Å². The highest BCUT2D eigenvalue weighted by atomic mass is 19.1. The Kier molecular flexibility index (Phi) is 7.01. The van der Waals surface area contributed by atoms with Gasteiger partial charge in [-0.3, -0.25) is 14.4 Å². The summed E-state index contributed by atoms with van der Waals surface area (Å²) in [6.45, 7) is 3.62. The maximum Gasteiger partial charge on any atom is 0.325 e. The van der Waals surface area contributed by atoms with Crippen LogP contribution in [0.2, 0.25) is 0 Å². The van der Waals surface area contributed by atoms with Gasteiger partial charge in [0, 0.05) is 12.1 Å². The van der Waals surface area contributed by atoms with Crippen LogP contribution >= 0.6 is 0 Å². The minimum absolute atomic E-state index is 0.226. The van der Waals surface area contributed by atoms with Gasteiger partial charge in [0.25, 0.3) is 11.8 Å². The molecule has 7 heteroatoms. The molecule has 0 radical (unpaired) electrons. The minimum Gasteiger partial charge on any atom is -0.454 e. The second kappa shape index (κ2) is 8.76. The number of amides is 2. The number of carbonyl (C=O) groups is 3. The van der Waals surface area contributed by atoms with Crippen LogP contribution in [0.25, 0.3) is 0 Å². The van der Waals surface area contributed by atoms with E-state index in [-0.39, 0.29) is 12.1 Å². The van der Waals surface area contributed by atoms with Crippen LogP contribution < -0.4 is 10.6 Å². The van der Waals surface area contributed by atoms with Gasteiger partial charge in [-0.05, 0) is 30.2 Å². The van der Waals surface area contributed by atoms with Crippen LogP contribution in [0.1, 0.15) is 24.2 Å². The fraction of sp³-hybridized carbons (Fsp3) is 0.400. The molecule has 0 saturated carbocycles. The van der Waals surface area contributed by atoms with Gasteiger partial charge in [0.05, 0.1) is 0 Å². The molecule has 0 saturated heterocycles. The predicted molar refractivity (Wildman–Crippen MR) is 77.5 cm³/mol. The molecule has 0 fully saturated rings. The fourth-order valence-electron chi connectivity index (χ4n) is 1.42. The Morgan fingerprint density at radius 1 is 1.14 bits per heavy atom. The Bertz CT molecular complexity index is 529. The first kappa shape index (κ1) is 17.6. The number of rotatable bonds is 7. The monoisotopic (exact) mass is 310 g/mol. The summed E-state index contributed by atoms with van der Waals surface area (Å²) in [5.74, 6) is -1.80. The Hall–Kier alpha value is -2.44. The van der Waals surface area contributed by atoms with E-state index < -0.39 is 30.2 Å². The molecule has 0 spiro atoms. The first-order valence-corrected chi connectivity index (χ1v) is 6.84. The van der Waals surface area contributed by atoms with Crippen LogP contribution in [0.5, 0.6) is 0 Å². The number of nitrogens with one attached hydrogen (secondary N) is 2. The molecule has 0 aromatic heterocycles. The van der Waals surface area contributed by atoms with Gasteiger partial charge in [-0.15, -0.1) is 0 Å². The van der Waals surface area contributed by atoms with Crippen LogP contribution in [-0.2, 0) is 14.3 Å². The topological polar surface area (TPSA) is 84.5 Å². The van der Waals surface area contributed by atoms with Gasteiger partial charge >= 0.3 is 5.97 Å². The van der Waals surface area contributed by atoms with Gasteiger partial charge in [0.15, 0.2) is 6.61 Å². The average molecular weight is 310 g/mol. The van der Waals surface area contributed by atoms with E-state index in [0.717, 1.165) is 12.1 Å². The van der Waals surface area contributed by atoms with Crippen molar-refractivity contribution < 1.29 is 23.5 Å². The molecule has 0 unspecified atom stereocenters. The Balaban J connectivity index is 2.26. The van der Waals surface area contributed by atoms with Gasteiger partial charge in [0.1, 0.15) is 12.4 Å². The van der Waals surface area contributed by atoms with Crippen molar-refractivity contribution in [1.82, 2.24) is 10.6 Å². The molecule has 0 atom stereocenters. The van der Waals surface area contributed by atoms with E-state index >= 15 is 0 Å². The number of hydrogen-bond acceptors (Lipinski definition) is 4. The molecule has 1 rings (SSSR count). The van der Waals surface area contributed by atoms with E-state index in [1.165, 1.54) is 12.1 Å². The van der Waals surface area contributed by atoms with Crippen LogP contribution in [0.15, 0.2) is 24.3 Å². The first-order valence-electron chi connectivity index (χ1n) is 6.84. The molecule has 1 aromatic carbocycles. The van der Waals surface area contributed by atoms with Gasteiger partial charge in [-0.25, -0.2) is 4.39 Å². The Morgan fingerprint density at radius 3 is 2.36 bits per heavy atom. The standard InChI is InChI=1S/C15H19FN2O4/c1-10(2)7-17-13(19)9-22-14(20)8-18-15(21)11-3-5-12(16)6-4-11/h3-6,10H,7-9H2,1-2H3,(H,17,19)(H,18,21). The first-order chi connectivity index (χ1) is 10.4. The van der Waals surface area contributed by atoms with Crippen molar-refractivity contribution in [2.24, 2.45) is 5.92 Å². The van der Waals surface area contributed by atoms with Crippen molar-refractivity contribution in [2.75, 3.05) is 19.7 Å². The third kappa shape index (κ3) is 6.83. The zero-order valence-electron chi connectivity index (χ0n) is 12.5. The van der Waals surface area contributed by atoms with Crippen molar-refractivity contribution in [2.45, 2.75) is 13.8 Å². The van der Waals surface area contributed by atoms with Crippen LogP contribution in [0.3, 0.4) is 0 Å². The summed E-state index contributed by atoms with van der Waals surface area (Å²) in [5, 5.41) is 4.92. The molecule has 0 aliphatic carbocycles. The number of benzene rings is 1. The number of carbonyl (C=O) groups excluding carboxylic acids is 3. The average Bonchev–Trinajstić information content (AvgIpc) is 2.49. The van der Waals surface area contributed by atoms with Gasteiger partial charge in [-0.2, -0.15) is 0 Å². The molecule has 0 bridgehead atoms. The third-order valence-corrected chi connectivity index (χ3v) is 2.57. The molecule has 0 heterocycles. The molecular weight excluding hydrogens is 291 g/mol. The molecule has 0 aliphatic heterocycles. The van der Waals surface area contributed by atoms with E-state index in [9.17, 15) is 18.8 Å². The Morgan fingerprint density at radius 2 is 1.77 bits per heavy atom. The molecular formula is C15H19FN2O4. The summed E-state index contributed by atoms with van der Waals surface area (Å²) in [6.07, 6.45) is 0. The smallest absolute Gasteiger partial charge is 0.325 e. The molecule has 22 heavy (non-hydrogen) atoms. The van der Waals surface area contributed by atoms with Crippen LogP contribution in [0, 0.1) is 11.7 Å². The van der Waals surface area contributed by atoms with E-state index in [2.05, 4.69) is 10.6 Å². The highest BCUT2D eigenvalue weighted by molar-refractivity contribution is 5.96. The third-order valence-electron chi connectivity index (χ3n) is 2.57. The second-order valence-corrected chi connectivity index (χ2v) is 5.05. The summed E-state index contributed by atoms with van der Waals surface area (Å²) in [4.78, 5) is 34.4. The maximum absolute atomic E-state index is 12.7. The lowest BCUT2D eigenvalue weighted by Crippen LogP contribution is -2.35. The van der Waals surface area contributed by atoms with E-state index in [1.54, 1.807) is 0 Å². The zero-order valence-corrected chi connectivity index (χ0v) is 12.5. The van der Waals surface area contributed by atoms with E-state index in [0.29, 0.717) is 12.5 Å². The van der Waals surface area contributed by atoms with Crippen molar-refractivity contribution in [3.8, 4) is 0 Å². The summed E-state index contributed by atoms with van der Waals surface area (Å²) < 4.78 is 17.4. The highest BCUT2D eigenvalue weighted by Crippen LogP contribution is 2.02. The van der Waals surface area contributed by atoms with Crippen LogP contribution in [-0.4, -0.2) is 37.5 Å². The molecule has 2 amide bonds. The van der Waals surface area contributed by atoms with Crippen molar-refractivity contribution in [3.63, 3.8) is 0 Å². The number of halogens is 1. The van der Waals surface area contributed by atoms with Crippen molar-refractivity contribution in [3.05, 3.63) is 35.6 Å². The molecule has 6 nitrogen and oxygen atoms in total. The summed E-state index contributed by atoms with van der Waals surface area (Å²) in [5.41, 5.74) is 0.226. The van der Waals surface area contributed by atoms with Crippen LogP contribution in [0.4, 0.5) is 4.39 Å². The molecule has 120 valence electrons. The van der Waals surface area contributed by atoms with Crippen molar-refractivity contribution >= 4 is 17.8 Å². The summed E-state index contributed by atoms with van der Waals surface area (Å²) >= 11 is 0. The molecule has 0 aliphatic rings. The fourth-order valence-corrected chi connectivity index (χ4v) is 1.42. The summed E-state index contributed by atoms with van der Waals surface area (Å²) in [7, 11) is 0. The summed E-state index contributed by atoms with van der Waals surface area (Å²) in [6, 6.07) is 4.89. The SMILES string of the molecule is CC(C)CNC(=O)COC(=O)CNC(=O)c1ccc(F)cc1. The molecule has 2 N–H and O–H groups in total. The lowest BCUT2D eigenvalue weighted by Gasteiger charge is -2.09. The number of hydrogen-bond donors (Lipinski definition) is 2. The maximum atomic E-state index is 12.7. The lowest BCUT2D eigenvalue weighted by molar-refractivity contribution is -0.147. The van der Waals surface area contributed by atoms with Gasteiger partial charge < -0.3 is 15.4 Å². The Labute approximate surface area is 128 Å². The number of ether oxygens (including phenoxy) is 1. The molecule has 1 aromatic rings. The largest absolute Gasteiger partial charge is 0.454 e.